The van der Waals surface area contributed by atoms with E-state index in [2.05, 4.69) is 10.1 Å². The molecular weight excluding hydrogens is 374 g/mol. The minimum Gasteiger partial charge on any atom is -0.466 e. The summed E-state index contributed by atoms with van der Waals surface area (Å²) in [5.74, 6) is -3.60. The number of nitrogens with one attached hydrogen (secondary N) is 1. The van der Waals surface area contributed by atoms with Gasteiger partial charge in [0.15, 0.2) is 5.82 Å². The largest absolute Gasteiger partial charge is 0.466 e. The van der Waals surface area contributed by atoms with Crippen LogP contribution in [0.3, 0.4) is 0 Å². The third-order valence-electron chi connectivity index (χ3n) is 3.77. The fourth-order valence-corrected chi connectivity index (χ4v) is 2.48. The summed E-state index contributed by atoms with van der Waals surface area (Å²) in [6, 6.07) is 2.68. The van der Waals surface area contributed by atoms with Crippen LogP contribution >= 0.6 is 0 Å². The molecule has 1 aromatic carbocycles. The molecule has 27 heavy (non-hydrogen) atoms. The second-order valence-electron chi connectivity index (χ2n) is 5.38. The first-order valence-electron chi connectivity index (χ1n) is 7.44. The molecule has 11 heteroatoms. The Kier molecular flexibility index (Phi) is 5.70. The molecule has 0 unspecified atom stereocenters. The number of carbonyl (C=O) groups is 2. The van der Waals surface area contributed by atoms with Gasteiger partial charge in [0.05, 0.1) is 42.6 Å². The van der Waals surface area contributed by atoms with Crippen molar-refractivity contribution >= 4 is 17.6 Å². The van der Waals surface area contributed by atoms with Crippen LogP contribution in [0.4, 0.5) is 23.2 Å². The van der Waals surface area contributed by atoms with Crippen LogP contribution in [0.5, 0.6) is 0 Å². The van der Waals surface area contributed by atoms with Gasteiger partial charge in [-0.3, -0.25) is 4.79 Å². The van der Waals surface area contributed by atoms with Crippen LogP contribution in [-0.4, -0.2) is 48.7 Å². The predicted octanol–water partition coefficient (Wildman–Crippen LogP) is 1.39. The van der Waals surface area contributed by atoms with E-state index in [0.29, 0.717) is 6.07 Å². The van der Waals surface area contributed by atoms with Crippen LogP contribution in [0, 0.1) is 17.1 Å². The van der Waals surface area contributed by atoms with Crippen LogP contribution in [0.15, 0.2) is 23.4 Å². The van der Waals surface area contributed by atoms with E-state index in [1.807, 2.05) is 0 Å². The zero-order valence-corrected chi connectivity index (χ0v) is 13.9. The molecule has 1 aliphatic rings. The van der Waals surface area contributed by atoms with Crippen molar-refractivity contribution < 1.29 is 37.0 Å². The molecule has 2 N–H and O–H groups in total. The van der Waals surface area contributed by atoms with E-state index >= 15 is 0 Å². The maximum absolute atomic E-state index is 14.4. The van der Waals surface area contributed by atoms with E-state index in [1.54, 1.807) is 0 Å². The number of amides is 1. The highest BCUT2D eigenvalue weighted by molar-refractivity contribution is 6.08. The first kappa shape index (κ1) is 20.2. The second kappa shape index (κ2) is 7.63. The minimum absolute atomic E-state index is 0.166. The molecule has 0 spiro atoms. The highest BCUT2D eigenvalue weighted by Crippen LogP contribution is 2.36. The summed E-state index contributed by atoms with van der Waals surface area (Å²) in [5, 5.41) is 20.2. The van der Waals surface area contributed by atoms with Gasteiger partial charge in [-0.1, -0.05) is 0 Å². The molecule has 1 aromatic rings. The van der Waals surface area contributed by atoms with Crippen molar-refractivity contribution in [1.29, 1.82) is 5.26 Å². The van der Waals surface area contributed by atoms with Crippen LogP contribution < -0.4 is 5.32 Å². The molecule has 0 aromatic heterocycles. The van der Waals surface area contributed by atoms with Gasteiger partial charge in [0.1, 0.15) is 11.8 Å². The molecule has 0 bridgehead atoms. The normalized spacial score (nSPS) is 14.4. The topological polar surface area (TPSA) is 103 Å². The summed E-state index contributed by atoms with van der Waals surface area (Å²) in [6.07, 6.45) is -5.03. The lowest BCUT2D eigenvalue weighted by Gasteiger charge is -2.17. The number of aliphatic hydroxyl groups is 1. The summed E-state index contributed by atoms with van der Waals surface area (Å²) in [7, 11) is 1.03. The first-order chi connectivity index (χ1) is 12.6. The summed E-state index contributed by atoms with van der Waals surface area (Å²) in [4.78, 5) is 25.3. The van der Waals surface area contributed by atoms with Gasteiger partial charge in [0.25, 0.3) is 5.91 Å². The van der Waals surface area contributed by atoms with Gasteiger partial charge in [-0.2, -0.15) is 18.4 Å². The number of hydrogen-bond donors (Lipinski definition) is 2. The Morgan fingerprint density at radius 2 is 2.11 bits per heavy atom. The van der Waals surface area contributed by atoms with E-state index < -0.39 is 53.0 Å². The lowest BCUT2D eigenvalue weighted by atomic mass is 10.1. The molecule has 0 radical (unpaired) electrons. The fourth-order valence-electron chi connectivity index (χ4n) is 2.48. The molecule has 0 aliphatic carbocycles. The quantitative estimate of drug-likeness (QED) is 0.585. The van der Waals surface area contributed by atoms with Gasteiger partial charge in [0, 0.05) is 6.54 Å². The molecule has 0 saturated heterocycles. The summed E-state index contributed by atoms with van der Waals surface area (Å²) < 4.78 is 57.7. The lowest BCUT2D eigenvalue weighted by Crippen LogP contribution is -2.31. The number of nitriles is 1. The predicted molar refractivity (Wildman–Crippen MR) is 82.4 cm³/mol. The zero-order chi connectivity index (χ0) is 20.4. The SMILES string of the molecule is COC(=O)C1=C(Nc2c(C#N)ccc(C(F)(F)F)c2F)C(=O)N(CCO)C1. The Balaban J connectivity index is 2.57. The van der Waals surface area contributed by atoms with E-state index in [-0.39, 0.29) is 18.7 Å². The number of halogens is 4. The number of methoxy groups -OCH3 is 1. The number of ether oxygens (including phenoxy) is 1. The molecule has 1 heterocycles. The number of hydrogen-bond acceptors (Lipinski definition) is 6. The van der Waals surface area contributed by atoms with Crippen molar-refractivity contribution in [2.24, 2.45) is 0 Å². The average Bonchev–Trinajstić information content (AvgIpc) is 2.91. The maximum Gasteiger partial charge on any atom is 0.419 e. The third-order valence-corrected chi connectivity index (χ3v) is 3.77. The van der Waals surface area contributed by atoms with Gasteiger partial charge in [-0.25, -0.2) is 9.18 Å². The molecule has 7 nitrogen and oxygen atoms in total. The van der Waals surface area contributed by atoms with Crippen LogP contribution in [0.1, 0.15) is 11.1 Å². The Hall–Kier alpha value is -3.13. The van der Waals surface area contributed by atoms with Gasteiger partial charge >= 0.3 is 12.1 Å². The van der Waals surface area contributed by atoms with E-state index in [0.717, 1.165) is 18.1 Å². The fraction of sp³-hybridized carbons (Fsp3) is 0.312. The molecular formula is C16H13F4N3O4. The number of esters is 1. The Morgan fingerprint density at radius 1 is 1.44 bits per heavy atom. The average molecular weight is 387 g/mol. The summed E-state index contributed by atoms with van der Waals surface area (Å²) in [6.45, 7) is -0.896. The highest BCUT2D eigenvalue weighted by Gasteiger charge is 2.38. The second-order valence-corrected chi connectivity index (χ2v) is 5.38. The summed E-state index contributed by atoms with van der Waals surface area (Å²) >= 11 is 0. The number of rotatable bonds is 5. The molecule has 1 amide bonds. The van der Waals surface area contributed by atoms with Crippen molar-refractivity contribution in [2.75, 3.05) is 32.1 Å². The Morgan fingerprint density at radius 3 is 2.63 bits per heavy atom. The number of β-amino-alcohol motifs (C(OH)–C–C–N with tert-alkyl or cyclic N) is 1. The Bertz CT molecular complexity index is 858. The standard InChI is InChI=1S/C16H13F4N3O4/c1-27-15(26)9-7-23(4-5-24)14(25)13(9)22-12-8(6-21)2-3-10(11(12)17)16(18,19)20/h2-3,22,24H,4-5,7H2,1H3. The number of nitrogens with zero attached hydrogens (tertiary/aromatic N) is 2. The van der Waals surface area contributed by atoms with Gasteiger partial charge in [-0.15, -0.1) is 0 Å². The zero-order valence-electron chi connectivity index (χ0n) is 13.9. The van der Waals surface area contributed by atoms with Crippen LogP contribution in [-0.2, 0) is 20.5 Å². The maximum atomic E-state index is 14.4. The van der Waals surface area contributed by atoms with Crippen molar-refractivity contribution in [2.45, 2.75) is 6.18 Å². The molecule has 2 rings (SSSR count). The number of benzene rings is 1. The number of carbonyl (C=O) groups excluding carboxylic acids is 2. The van der Waals surface area contributed by atoms with E-state index in [4.69, 9.17) is 10.4 Å². The van der Waals surface area contributed by atoms with Crippen molar-refractivity contribution in [1.82, 2.24) is 4.90 Å². The molecule has 0 fully saturated rings. The van der Waals surface area contributed by atoms with Gasteiger partial charge in [0.2, 0.25) is 0 Å². The van der Waals surface area contributed by atoms with E-state index in [9.17, 15) is 27.2 Å². The van der Waals surface area contributed by atoms with Crippen molar-refractivity contribution in [3.8, 4) is 6.07 Å². The molecule has 1 aliphatic heterocycles. The van der Waals surface area contributed by atoms with E-state index in [1.165, 1.54) is 6.07 Å². The van der Waals surface area contributed by atoms with Crippen molar-refractivity contribution in [3.63, 3.8) is 0 Å². The first-order valence-corrected chi connectivity index (χ1v) is 7.44. The highest BCUT2D eigenvalue weighted by atomic mass is 19.4. The Labute approximate surface area is 150 Å². The smallest absolute Gasteiger partial charge is 0.419 e. The molecule has 144 valence electrons. The number of alkyl halides is 3. The minimum atomic E-state index is -5.03. The van der Waals surface area contributed by atoms with Crippen LogP contribution in [0.25, 0.3) is 0 Å². The number of anilines is 1. The molecule has 0 atom stereocenters. The monoisotopic (exact) mass is 387 g/mol. The third kappa shape index (κ3) is 3.85. The number of aliphatic hydroxyl groups excluding tert-OH is 1. The van der Waals surface area contributed by atoms with Crippen LogP contribution in [0.2, 0.25) is 0 Å². The molecule has 0 saturated carbocycles. The van der Waals surface area contributed by atoms with Gasteiger partial charge in [-0.05, 0) is 12.1 Å². The van der Waals surface area contributed by atoms with Crippen molar-refractivity contribution in [3.05, 3.63) is 40.3 Å². The van der Waals surface area contributed by atoms with Gasteiger partial charge < -0.3 is 20.1 Å². The summed E-state index contributed by atoms with van der Waals surface area (Å²) in [5.41, 5.74) is -3.81. The lowest BCUT2D eigenvalue weighted by molar-refractivity contribution is -0.140.